The molecule has 0 radical (unpaired) electrons. The van der Waals surface area contributed by atoms with E-state index in [1.165, 1.54) is 26.4 Å². The Balaban J connectivity index is 3.29. The number of hydrogen-bond donors (Lipinski definition) is 0. The van der Waals surface area contributed by atoms with Crippen LogP contribution in [0.2, 0.25) is 5.02 Å². The van der Waals surface area contributed by atoms with Crippen LogP contribution in [0.4, 0.5) is 5.69 Å². The third-order valence-corrected chi connectivity index (χ3v) is 2.22. The molecule has 82 valence electrons. The smallest absolute Gasteiger partial charge is 0.279 e. The van der Waals surface area contributed by atoms with Gasteiger partial charge in [0.15, 0.2) is 6.29 Å². The Hall–Kier alpha value is -1.17. The summed E-state index contributed by atoms with van der Waals surface area (Å²) in [5.41, 5.74) is 0.116. The van der Waals surface area contributed by atoms with Crippen LogP contribution < -0.4 is 0 Å². The lowest BCUT2D eigenvalue weighted by Gasteiger charge is -2.14. The molecule has 15 heavy (non-hydrogen) atoms. The fourth-order valence-corrected chi connectivity index (χ4v) is 1.51. The highest BCUT2D eigenvalue weighted by atomic mass is 35.5. The van der Waals surface area contributed by atoms with Gasteiger partial charge < -0.3 is 9.47 Å². The third kappa shape index (κ3) is 2.44. The predicted octanol–water partition coefficient (Wildman–Crippen LogP) is 2.54. The summed E-state index contributed by atoms with van der Waals surface area (Å²) in [6.07, 6.45) is -0.834. The summed E-state index contributed by atoms with van der Waals surface area (Å²) < 4.78 is 9.89. The van der Waals surface area contributed by atoms with Crippen LogP contribution in [-0.2, 0) is 9.47 Å². The number of ether oxygens (including phenoxy) is 2. The van der Waals surface area contributed by atoms with Gasteiger partial charge in [0.1, 0.15) is 5.56 Å². The maximum atomic E-state index is 10.7. The lowest BCUT2D eigenvalue weighted by atomic mass is 10.1. The number of hydrogen-bond acceptors (Lipinski definition) is 4. The van der Waals surface area contributed by atoms with E-state index in [9.17, 15) is 10.1 Å². The number of methoxy groups -OCH3 is 2. The Kier molecular flexibility index (Phi) is 4.02. The molecule has 0 bridgehead atoms. The van der Waals surface area contributed by atoms with Crippen molar-refractivity contribution in [1.82, 2.24) is 0 Å². The highest BCUT2D eigenvalue weighted by molar-refractivity contribution is 6.31. The van der Waals surface area contributed by atoms with E-state index in [-0.39, 0.29) is 16.3 Å². The molecule has 1 aromatic rings. The standard InChI is InChI=1S/C9H10ClNO4/c1-14-9(15-2)8-6(10)4-3-5-7(8)11(12)13/h3-5,9H,1-2H3. The molecule has 0 saturated carbocycles. The minimum Gasteiger partial charge on any atom is -0.351 e. The van der Waals surface area contributed by atoms with Gasteiger partial charge in [-0.1, -0.05) is 17.7 Å². The Labute approximate surface area is 91.7 Å². The summed E-state index contributed by atoms with van der Waals surface area (Å²) in [7, 11) is 2.78. The number of rotatable bonds is 4. The Bertz CT molecular complexity index is 365. The number of benzene rings is 1. The van der Waals surface area contributed by atoms with Gasteiger partial charge >= 0.3 is 0 Å². The van der Waals surface area contributed by atoms with Crippen molar-refractivity contribution in [3.63, 3.8) is 0 Å². The number of nitro groups is 1. The molecule has 6 heteroatoms. The SMILES string of the molecule is COC(OC)c1c(Cl)cccc1[N+](=O)[O-]. The molecule has 0 amide bonds. The molecule has 0 aliphatic rings. The zero-order valence-corrected chi connectivity index (χ0v) is 9.02. The van der Waals surface area contributed by atoms with Crippen LogP contribution in [0.3, 0.4) is 0 Å². The number of nitrogens with zero attached hydrogens (tertiary/aromatic N) is 1. The van der Waals surface area contributed by atoms with Crippen molar-refractivity contribution in [3.8, 4) is 0 Å². The van der Waals surface area contributed by atoms with E-state index in [0.29, 0.717) is 0 Å². The Morgan fingerprint density at radius 1 is 1.40 bits per heavy atom. The van der Waals surface area contributed by atoms with E-state index in [2.05, 4.69) is 0 Å². The molecule has 1 aromatic carbocycles. The van der Waals surface area contributed by atoms with Crippen LogP contribution in [0.5, 0.6) is 0 Å². The predicted molar refractivity (Wildman–Crippen MR) is 54.9 cm³/mol. The van der Waals surface area contributed by atoms with Crippen LogP contribution >= 0.6 is 11.6 Å². The Morgan fingerprint density at radius 3 is 2.47 bits per heavy atom. The fourth-order valence-electron chi connectivity index (χ4n) is 1.25. The molecule has 0 aliphatic heterocycles. The van der Waals surface area contributed by atoms with E-state index in [1.54, 1.807) is 6.07 Å². The van der Waals surface area contributed by atoms with Crippen molar-refractivity contribution in [2.24, 2.45) is 0 Å². The summed E-state index contributed by atoms with van der Waals surface area (Å²) in [5, 5.41) is 11.0. The number of halogens is 1. The molecule has 1 rings (SSSR count). The summed E-state index contributed by atoms with van der Waals surface area (Å²) in [6.45, 7) is 0. The average Bonchev–Trinajstić information content (AvgIpc) is 2.21. The van der Waals surface area contributed by atoms with Crippen molar-refractivity contribution in [2.45, 2.75) is 6.29 Å². The molecule has 0 fully saturated rings. The van der Waals surface area contributed by atoms with Gasteiger partial charge in [-0.2, -0.15) is 0 Å². The first-order chi connectivity index (χ1) is 7.11. The van der Waals surface area contributed by atoms with Crippen LogP contribution in [0.15, 0.2) is 18.2 Å². The van der Waals surface area contributed by atoms with Gasteiger partial charge in [-0.15, -0.1) is 0 Å². The monoisotopic (exact) mass is 231 g/mol. The van der Waals surface area contributed by atoms with Crippen molar-refractivity contribution >= 4 is 17.3 Å². The molecule has 0 saturated heterocycles. The highest BCUT2D eigenvalue weighted by Gasteiger charge is 2.24. The van der Waals surface area contributed by atoms with E-state index < -0.39 is 11.2 Å². The topological polar surface area (TPSA) is 61.6 Å². The maximum absolute atomic E-state index is 10.7. The number of nitro benzene ring substituents is 1. The van der Waals surface area contributed by atoms with Crippen LogP contribution in [0.1, 0.15) is 11.9 Å². The normalized spacial score (nSPS) is 10.7. The van der Waals surface area contributed by atoms with Gasteiger partial charge in [0.05, 0.1) is 9.95 Å². The molecule has 0 heterocycles. The fraction of sp³-hybridized carbons (Fsp3) is 0.333. The van der Waals surface area contributed by atoms with E-state index in [0.717, 1.165) is 0 Å². The second-order valence-electron chi connectivity index (χ2n) is 2.73. The van der Waals surface area contributed by atoms with Crippen molar-refractivity contribution in [1.29, 1.82) is 0 Å². The lowest BCUT2D eigenvalue weighted by Crippen LogP contribution is -2.07. The summed E-state index contributed by atoms with van der Waals surface area (Å²) in [6, 6.07) is 4.41. The van der Waals surface area contributed by atoms with E-state index in [1.807, 2.05) is 0 Å². The molecule has 0 aliphatic carbocycles. The van der Waals surface area contributed by atoms with Gasteiger partial charge in [0.2, 0.25) is 0 Å². The van der Waals surface area contributed by atoms with Crippen LogP contribution in [0, 0.1) is 10.1 Å². The average molecular weight is 232 g/mol. The molecule has 0 aromatic heterocycles. The minimum absolute atomic E-state index is 0.115. The van der Waals surface area contributed by atoms with Crippen molar-refractivity contribution in [3.05, 3.63) is 38.9 Å². The van der Waals surface area contributed by atoms with Crippen LogP contribution in [-0.4, -0.2) is 19.1 Å². The first kappa shape index (κ1) is 11.9. The lowest BCUT2D eigenvalue weighted by molar-refractivity contribution is -0.387. The second-order valence-corrected chi connectivity index (χ2v) is 3.14. The quantitative estimate of drug-likeness (QED) is 0.454. The summed E-state index contributed by atoms with van der Waals surface area (Å²) in [5.74, 6) is 0. The van der Waals surface area contributed by atoms with Crippen LogP contribution in [0.25, 0.3) is 0 Å². The molecular formula is C9H10ClNO4. The third-order valence-electron chi connectivity index (χ3n) is 1.89. The van der Waals surface area contributed by atoms with Crippen molar-refractivity contribution < 1.29 is 14.4 Å². The van der Waals surface area contributed by atoms with Crippen molar-refractivity contribution in [2.75, 3.05) is 14.2 Å². The largest absolute Gasteiger partial charge is 0.351 e. The molecule has 0 spiro atoms. The molecule has 0 N–H and O–H groups in total. The van der Waals surface area contributed by atoms with Gasteiger partial charge in [-0.3, -0.25) is 10.1 Å². The molecule has 5 nitrogen and oxygen atoms in total. The zero-order valence-electron chi connectivity index (χ0n) is 8.27. The zero-order chi connectivity index (χ0) is 11.4. The van der Waals surface area contributed by atoms with E-state index in [4.69, 9.17) is 21.1 Å². The molecular weight excluding hydrogens is 222 g/mol. The molecule has 0 unspecified atom stereocenters. The first-order valence-electron chi connectivity index (χ1n) is 4.10. The van der Waals surface area contributed by atoms with Gasteiger partial charge in [-0.05, 0) is 6.07 Å². The van der Waals surface area contributed by atoms with Gasteiger partial charge in [0.25, 0.3) is 5.69 Å². The Morgan fingerprint density at radius 2 is 2.00 bits per heavy atom. The minimum atomic E-state index is -0.834. The first-order valence-corrected chi connectivity index (χ1v) is 4.48. The second kappa shape index (κ2) is 5.06. The highest BCUT2D eigenvalue weighted by Crippen LogP contribution is 2.33. The van der Waals surface area contributed by atoms with Gasteiger partial charge in [-0.25, -0.2) is 0 Å². The summed E-state index contributed by atoms with van der Waals surface area (Å²) in [4.78, 5) is 10.2. The molecule has 0 atom stereocenters. The maximum Gasteiger partial charge on any atom is 0.279 e. The summed E-state index contributed by atoms with van der Waals surface area (Å²) >= 11 is 5.86. The van der Waals surface area contributed by atoms with E-state index >= 15 is 0 Å². The van der Waals surface area contributed by atoms with Gasteiger partial charge in [0, 0.05) is 20.3 Å².